The van der Waals surface area contributed by atoms with E-state index in [0.29, 0.717) is 24.2 Å². The number of nitrogens with one attached hydrogen (secondary N) is 2. The first-order valence-corrected chi connectivity index (χ1v) is 8.03. The van der Waals surface area contributed by atoms with Gasteiger partial charge < -0.3 is 10.8 Å². The number of fused-ring (bicyclic) bond motifs is 1. The van der Waals surface area contributed by atoms with Crippen molar-refractivity contribution in [1.29, 1.82) is 0 Å². The Morgan fingerprint density at radius 1 is 1.67 bits per heavy atom. The van der Waals surface area contributed by atoms with Gasteiger partial charge in [-0.25, -0.2) is 14.6 Å². The Labute approximate surface area is 129 Å². The second-order valence-corrected chi connectivity index (χ2v) is 6.66. The molecule has 6 atom stereocenters. The highest BCUT2D eigenvalue weighted by Gasteiger charge is 2.58. The lowest BCUT2D eigenvalue weighted by molar-refractivity contribution is 0.191. The van der Waals surface area contributed by atoms with Gasteiger partial charge in [-0.05, 0) is 12.5 Å². The number of rotatable bonds is 4. The van der Waals surface area contributed by atoms with Crippen LogP contribution < -0.4 is 15.9 Å². The summed E-state index contributed by atoms with van der Waals surface area (Å²) in [4.78, 5) is -0.695. The lowest BCUT2D eigenvalue weighted by Gasteiger charge is -2.32. The van der Waals surface area contributed by atoms with Crippen molar-refractivity contribution < 1.29 is 13.9 Å². The van der Waals surface area contributed by atoms with Gasteiger partial charge in [0.2, 0.25) is 0 Å². The SMILES string of the molecule is NC(O)C1=CC(C2C=CC(NS(=O)O)=CC2)NN2CC12Cl. The normalized spacial score (nSPS) is 40.7. The molecule has 0 radical (unpaired) electrons. The number of halogens is 1. The second kappa shape index (κ2) is 5.47. The van der Waals surface area contributed by atoms with Crippen LogP contribution in [0, 0.1) is 5.92 Å². The van der Waals surface area contributed by atoms with E-state index < -0.39 is 22.5 Å². The predicted octanol–water partition coefficient (Wildman–Crippen LogP) is -0.486. The number of aliphatic hydroxyl groups is 1. The Morgan fingerprint density at radius 2 is 2.43 bits per heavy atom. The molecular formula is C12H17ClN4O3S. The summed E-state index contributed by atoms with van der Waals surface area (Å²) in [5.41, 5.74) is 10.1. The molecule has 0 aromatic rings. The maximum absolute atomic E-state index is 10.7. The molecule has 2 aliphatic heterocycles. The number of allylic oxidation sites excluding steroid dienone is 2. The van der Waals surface area contributed by atoms with Gasteiger partial charge in [0.05, 0.1) is 6.54 Å². The zero-order valence-corrected chi connectivity index (χ0v) is 12.6. The monoisotopic (exact) mass is 332 g/mol. The fraction of sp³-hybridized carbons (Fsp3) is 0.500. The summed E-state index contributed by atoms with van der Waals surface area (Å²) in [7, 11) is 0. The van der Waals surface area contributed by atoms with Gasteiger partial charge in [0.1, 0.15) is 11.2 Å². The third-order valence-electron chi connectivity index (χ3n) is 3.92. The molecule has 3 rings (SSSR count). The average molecular weight is 333 g/mol. The molecular weight excluding hydrogens is 316 g/mol. The van der Waals surface area contributed by atoms with E-state index in [9.17, 15) is 9.32 Å². The van der Waals surface area contributed by atoms with E-state index in [1.165, 1.54) is 0 Å². The van der Waals surface area contributed by atoms with Crippen LogP contribution in [0.15, 0.2) is 35.6 Å². The van der Waals surface area contributed by atoms with Crippen molar-refractivity contribution in [3.8, 4) is 0 Å². The highest BCUT2D eigenvalue weighted by molar-refractivity contribution is 7.77. The summed E-state index contributed by atoms with van der Waals surface area (Å²) < 4.78 is 21.9. The molecule has 116 valence electrons. The minimum Gasteiger partial charge on any atom is -0.375 e. The van der Waals surface area contributed by atoms with Crippen LogP contribution in [-0.2, 0) is 11.3 Å². The van der Waals surface area contributed by atoms with Crippen molar-refractivity contribution in [3.63, 3.8) is 0 Å². The van der Waals surface area contributed by atoms with E-state index in [2.05, 4.69) is 10.1 Å². The van der Waals surface area contributed by atoms with Gasteiger partial charge in [-0.2, -0.15) is 0 Å². The van der Waals surface area contributed by atoms with Crippen LogP contribution in [0.5, 0.6) is 0 Å². The molecule has 3 aliphatic rings. The summed E-state index contributed by atoms with van der Waals surface area (Å²) in [6, 6.07) is -0.0266. The summed E-state index contributed by atoms with van der Waals surface area (Å²) in [5.74, 6) is 0.151. The molecule has 0 spiro atoms. The molecule has 0 bridgehead atoms. The molecule has 2 heterocycles. The fourth-order valence-electron chi connectivity index (χ4n) is 2.73. The van der Waals surface area contributed by atoms with Crippen molar-refractivity contribution in [2.75, 3.05) is 6.54 Å². The molecule has 7 nitrogen and oxygen atoms in total. The van der Waals surface area contributed by atoms with Gasteiger partial charge in [0.25, 0.3) is 11.3 Å². The molecule has 0 aromatic heterocycles. The Bertz CT molecular complexity index is 565. The average Bonchev–Trinajstić information content (AvgIpc) is 3.08. The van der Waals surface area contributed by atoms with E-state index in [1.807, 2.05) is 23.2 Å². The van der Waals surface area contributed by atoms with Crippen molar-refractivity contribution in [2.24, 2.45) is 11.7 Å². The first-order chi connectivity index (χ1) is 9.90. The van der Waals surface area contributed by atoms with Crippen LogP contribution in [0.3, 0.4) is 0 Å². The zero-order valence-electron chi connectivity index (χ0n) is 11.1. The minimum atomic E-state index is -2.07. The van der Waals surface area contributed by atoms with Crippen LogP contribution in [-0.4, -0.2) is 42.7 Å². The van der Waals surface area contributed by atoms with Gasteiger partial charge >= 0.3 is 0 Å². The van der Waals surface area contributed by atoms with Gasteiger partial charge in [0, 0.05) is 23.2 Å². The van der Waals surface area contributed by atoms with Crippen molar-refractivity contribution in [3.05, 3.63) is 35.6 Å². The molecule has 0 saturated carbocycles. The minimum absolute atomic E-state index is 0.0266. The van der Waals surface area contributed by atoms with Crippen molar-refractivity contribution >= 4 is 22.9 Å². The highest BCUT2D eigenvalue weighted by atomic mass is 35.5. The maximum atomic E-state index is 10.7. The number of hydrazine groups is 1. The Hall–Kier alpha value is -0.740. The smallest absolute Gasteiger partial charge is 0.259 e. The van der Waals surface area contributed by atoms with E-state index in [-0.39, 0.29) is 12.0 Å². The molecule has 0 amide bonds. The molecule has 0 aromatic carbocycles. The van der Waals surface area contributed by atoms with Gasteiger partial charge in [0.15, 0.2) is 0 Å². The first kappa shape index (κ1) is 15.2. The van der Waals surface area contributed by atoms with E-state index >= 15 is 0 Å². The Kier molecular flexibility index (Phi) is 3.95. The quantitative estimate of drug-likeness (QED) is 0.119. The lowest BCUT2D eigenvalue weighted by Crippen LogP contribution is -2.47. The number of nitrogens with zero attached hydrogens (tertiary/aromatic N) is 1. The first-order valence-electron chi connectivity index (χ1n) is 6.54. The van der Waals surface area contributed by atoms with E-state index in [1.54, 1.807) is 6.08 Å². The van der Waals surface area contributed by atoms with Crippen LogP contribution in [0.25, 0.3) is 0 Å². The molecule has 9 heteroatoms. The molecule has 1 saturated heterocycles. The number of hydrogen-bond acceptors (Lipinski definition) is 5. The largest absolute Gasteiger partial charge is 0.375 e. The van der Waals surface area contributed by atoms with Crippen LogP contribution in [0.1, 0.15) is 6.42 Å². The second-order valence-electron chi connectivity index (χ2n) is 5.34. The summed E-state index contributed by atoms with van der Waals surface area (Å²) in [6.07, 6.45) is 7.08. The molecule has 21 heavy (non-hydrogen) atoms. The third-order valence-corrected chi connectivity index (χ3v) is 4.87. The number of nitrogens with two attached hydrogens (primary N) is 1. The number of hydrogen-bond donors (Lipinski definition) is 5. The highest BCUT2D eigenvalue weighted by Crippen LogP contribution is 2.46. The lowest BCUT2D eigenvalue weighted by atomic mass is 9.89. The summed E-state index contributed by atoms with van der Waals surface area (Å²) in [6.45, 7) is 0.605. The molecule has 6 unspecified atom stereocenters. The predicted molar refractivity (Wildman–Crippen MR) is 79.7 cm³/mol. The summed E-state index contributed by atoms with van der Waals surface area (Å²) in [5, 5.41) is 11.5. The molecule has 1 fully saturated rings. The molecule has 1 aliphatic carbocycles. The zero-order chi connectivity index (χ0) is 15.2. The van der Waals surface area contributed by atoms with E-state index in [4.69, 9.17) is 21.9 Å². The van der Waals surface area contributed by atoms with Gasteiger partial charge in [-0.1, -0.05) is 29.8 Å². The number of alkyl halides is 1. The standard InChI is InChI=1S/C12H17ClN4O3S/c13-12-6-17(12)15-10(5-9(12)11(14)18)7-1-3-8(4-2-7)16-21(19)20/h1,3-5,7,10-11,15-16,18H,2,6,14H2,(H,19,20). The van der Waals surface area contributed by atoms with Crippen LogP contribution in [0.4, 0.5) is 0 Å². The maximum Gasteiger partial charge on any atom is 0.259 e. The number of aliphatic hydroxyl groups excluding tert-OH is 1. The van der Waals surface area contributed by atoms with Crippen LogP contribution >= 0.6 is 11.6 Å². The summed E-state index contributed by atoms with van der Waals surface area (Å²) >= 11 is 4.28. The Balaban J connectivity index is 1.71. The topological polar surface area (TPSA) is 111 Å². The van der Waals surface area contributed by atoms with Gasteiger partial charge in [-0.15, -0.1) is 0 Å². The van der Waals surface area contributed by atoms with E-state index in [0.717, 1.165) is 0 Å². The van der Waals surface area contributed by atoms with Gasteiger partial charge in [-0.3, -0.25) is 9.27 Å². The van der Waals surface area contributed by atoms with Crippen molar-refractivity contribution in [2.45, 2.75) is 23.7 Å². The van der Waals surface area contributed by atoms with Crippen LogP contribution in [0.2, 0.25) is 0 Å². The fourth-order valence-corrected chi connectivity index (χ4v) is 3.43. The molecule has 6 N–H and O–H groups in total. The third kappa shape index (κ3) is 2.93. The van der Waals surface area contributed by atoms with Crippen molar-refractivity contribution in [1.82, 2.24) is 15.2 Å². The Morgan fingerprint density at radius 3 is 3.00 bits per heavy atom.